The van der Waals surface area contributed by atoms with Crippen LogP contribution in [-0.2, 0) is 19.3 Å². The number of hydrogen-bond donors (Lipinski definition) is 4. The first-order valence-electron chi connectivity index (χ1n) is 6.82. The summed E-state index contributed by atoms with van der Waals surface area (Å²) in [6, 6.07) is 3.65. The Kier molecular flexibility index (Phi) is 4.31. The molecule has 2 rings (SSSR count). The molecule has 1 aliphatic heterocycles. The van der Waals surface area contributed by atoms with Crippen molar-refractivity contribution in [3.63, 3.8) is 0 Å². The Labute approximate surface area is 123 Å². The van der Waals surface area contributed by atoms with Gasteiger partial charge < -0.3 is 25.2 Å². The number of ether oxygens (including phenoxy) is 1. The van der Waals surface area contributed by atoms with Crippen LogP contribution in [0, 0.1) is 0 Å². The van der Waals surface area contributed by atoms with Gasteiger partial charge in [0.25, 0.3) is 0 Å². The highest BCUT2D eigenvalue weighted by Crippen LogP contribution is 2.34. The second-order valence-corrected chi connectivity index (χ2v) is 5.21. The van der Waals surface area contributed by atoms with Crippen LogP contribution >= 0.6 is 0 Å². The fourth-order valence-corrected chi connectivity index (χ4v) is 2.35. The quantitative estimate of drug-likeness (QED) is 0.639. The lowest BCUT2D eigenvalue weighted by atomic mass is 9.96. The Balaban J connectivity index is 2.36. The fraction of sp³-hybridized carbons (Fsp3) is 0.375. The first-order chi connectivity index (χ1) is 9.90. The van der Waals surface area contributed by atoms with Crippen molar-refractivity contribution in [3.05, 3.63) is 51.9 Å². The van der Waals surface area contributed by atoms with Crippen LogP contribution < -0.4 is 4.74 Å². The highest BCUT2D eigenvalue weighted by molar-refractivity contribution is 5.50. The summed E-state index contributed by atoms with van der Waals surface area (Å²) in [6.45, 7) is 3.41. The first kappa shape index (κ1) is 15.1. The predicted octanol–water partition coefficient (Wildman–Crippen LogP) is 3.40. The number of fused-ring (bicyclic) bond motifs is 1. The zero-order valence-corrected chi connectivity index (χ0v) is 12.2. The summed E-state index contributed by atoms with van der Waals surface area (Å²) in [5, 5.41) is 38.0. The number of benzene rings is 1. The zero-order valence-electron chi connectivity index (χ0n) is 12.2. The van der Waals surface area contributed by atoms with Crippen LogP contribution in [-0.4, -0.2) is 27.0 Å². The highest BCUT2D eigenvalue weighted by Gasteiger charge is 2.21. The van der Waals surface area contributed by atoms with Gasteiger partial charge in [0.1, 0.15) is 28.8 Å². The zero-order chi connectivity index (χ0) is 15.6. The molecule has 1 heterocycles. The summed E-state index contributed by atoms with van der Waals surface area (Å²) in [4.78, 5) is 0. The van der Waals surface area contributed by atoms with Crippen LogP contribution in [0.15, 0.2) is 35.2 Å². The third kappa shape index (κ3) is 3.24. The Morgan fingerprint density at radius 1 is 0.952 bits per heavy atom. The topological polar surface area (TPSA) is 90.2 Å². The normalized spacial score (nSPS) is 15.9. The average Bonchev–Trinajstić information content (AvgIpc) is 2.90. The van der Waals surface area contributed by atoms with Crippen molar-refractivity contribution in [3.8, 4) is 5.75 Å². The van der Waals surface area contributed by atoms with E-state index in [1.807, 2.05) is 6.07 Å². The van der Waals surface area contributed by atoms with E-state index >= 15 is 0 Å². The van der Waals surface area contributed by atoms with Crippen LogP contribution in [0.1, 0.15) is 30.5 Å². The Hall–Kier alpha value is -2.30. The largest absolute Gasteiger partial charge is 0.509 e. The lowest BCUT2D eigenvalue weighted by Crippen LogP contribution is -2.00. The minimum atomic E-state index is -0.109. The van der Waals surface area contributed by atoms with E-state index < -0.39 is 0 Å². The molecule has 0 radical (unpaired) electrons. The van der Waals surface area contributed by atoms with Crippen LogP contribution in [0.5, 0.6) is 5.75 Å². The molecule has 0 saturated carbocycles. The maximum Gasteiger partial charge on any atom is 0.134 e. The molecular weight excluding hydrogens is 272 g/mol. The van der Waals surface area contributed by atoms with Crippen LogP contribution in [0.2, 0.25) is 0 Å². The third-order valence-corrected chi connectivity index (χ3v) is 3.59. The van der Waals surface area contributed by atoms with Crippen molar-refractivity contribution >= 4 is 0 Å². The highest BCUT2D eigenvalue weighted by atomic mass is 16.5. The second-order valence-electron chi connectivity index (χ2n) is 5.21. The van der Waals surface area contributed by atoms with E-state index in [1.54, 1.807) is 6.07 Å². The van der Waals surface area contributed by atoms with Gasteiger partial charge in [0.15, 0.2) is 0 Å². The van der Waals surface area contributed by atoms with Crippen LogP contribution in [0.25, 0.3) is 0 Å². The van der Waals surface area contributed by atoms with Gasteiger partial charge in [-0.2, -0.15) is 0 Å². The van der Waals surface area contributed by atoms with E-state index in [2.05, 4.69) is 0 Å². The van der Waals surface area contributed by atoms with Crippen molar-refractivity contribution in [1.82, 2.24) is 0 Å². The lowest BCUT2D eigenvalue weighted by molar-refractivity contribution is 0.315. The number of allylic oxidation sites excluding steroid dienone is 4. The molecule has 0 bridgehead atoms. The minimum Gasteiger partial charge on any atom is -0.509 e. The lowest BCUT2D eigenvalue weighted by Gasteiger charge is -2.12. The summed E-state index contributed by atoms with van der Waals surface area (Å²) in [6.07, 6.45) is 1.17. The summed E-state index contributed by atoms with van der Waals surface area (Å²) in [5.74, 6) is 0.342. The Morgan fingerprint density at radius 3 is 2.05 bits per heavy atom. The van der Waals surface area contributed by atoms with Crippen molar-refractivity contribution in [2.45, 2.75) is 33.1 Å². The molecule has 0 aromatic heterocycles. The van der Waals surface area contributed by atoms with E-state index in [-0.39, 0.29) is 35.9 Å². The second kappa shape index (κ2) is 5.99. The molecule has 4 N–H and O–H groups in total. The number of aliphatic hydroxyl groups excluding tert-OH is 4. The molecule has 5 heteroatoms. The molecule has 114 valence electrons. The molecule has 0 fully saturated rings. The van der Waals surface area contributed by atoms with Gasteiger partial charge in [-0.3, -0.25) is 0 Å². The van der Waals surface area contributed by atoms with Gasteiger partial charge in [-0.1, -0.05) is 12.1 Å². The van der Waals surface area contributed by atoms with Gasteiger partial charge in [-0.25, -0.2) is 0 Å². The molecule has 0 amide bonds. The summed E-state index contributed by atoms with van der Waals surface area (Å²) >= 11 is 0. The number of aliphatic hydroxyl groups is 4. The molecule has 0 aliphatic carbocycles. The minimum absolute atomic E-state index is 0.0641. The molecule has 5 nitrogen and oxygen atoms in total. The van der Waals surface area contributed by atoms with Gasteiger partial charge in [-0.05, 0) is 19.4 Å². The molecule has 1 aromatic rings. The maximum absolute atomic E-state index is 9.71. The molecular formula is C16H20O5. The molecule has 1 aliphatic rings. The van der Waals surface area contributed by atoms with E-state index in [0.717, 1.165) is 23.1 Å². The van der Waals surface area contributed by atoms with Gasteiger partial charge in [0, 0.05) is 30.4 Å². The first-order valence-corrected chi connectivity index (χ1v) is 6.82. The standard InChI is InChI=1S/C16H20O5/c1-9(17)14(19)7-11-3-4-12(8-15(20)10(2)18)16-13(11)5-6-21-16/h3-4,17-20H,5-8H2,1-2H3/b14-9+,15-10+. The van der Waals surface area contributed by atoms with E-state index in [1.165, 1.54) is 13.8 Å². The summed E-state index contributed by atoms with van der Waals surface area (Å²) in [7, 11) is 0. The summed E-state index contributed by atoms with van der Waals surface area (Å²) in [5.41, 5.74) is 2.66. The molecule has 1 aromatic carbocycles. The van der Waals surface area contributed by atoms with Gasteiger partial charge in [0.05, 0.1) is 6.61 Å². The maximum atomic E-state index is 9.71. The molecule has 0 saturated heterocycles. The van der Waals surface area contributed by atoms with Crippen molar-refractivity contribution in [1.29, 1.82) is 0 Å². The summed E-state index contributed by atoms with van der Waals surface area (Å²) < 4.78 is 5.62. The Bertz CT molecular complexity index is 552. The van der Waals surface area contributed by atoms with E-state index in [4.69, 9.17) is 4.74 Å². The monoisotopic (exact) mass is 292 g/mol. The van der Waals surface area contributed by atoms with Crippen molar-refractivity contribution in [2.75, 3.05) is 6.61 Å². The van der Waals surface area contributed by atoms with Gasteiger partial charge >= 0.3 is 0 Å². The van der Waals surface area contributed by atoms with Gasteiger partial charge in [-0.15, -0.1) is 0 Å². The van der Waals surface area contributed by atoms with Crippen molar-refractivity contribution < 1.29 is 25.2 Å². The smallest absolute Gasteiger partial charge is 0.134 e. The molecule has 0 spiro atoms. The molecule has 21 heavy (non-hydrogen) atoms. The van der Waals surface area contributed by atoms with E-state index in [9.17, 15) is 20.4 Å². The average molecular weight is 292 g/mol. The van der Waals surface area contributed by atoms with Crippen LogP contribution in [0.3, 0.4) is 0 Å². The Morgan fingerprint density at radius 2 is 1.48 bits per heavy atom. The van der Waals surface area contributed by atoms with E-state index in [0.29, 0.717) is 12.4 Å². The number of hydrogen-bond acceptors (Lipinski definition) is 5. The number of rotatable bonds is 4. The third-order valence-electron chi connectivity index (χ3n) is 3.59. The van der Waals surface area contributed by atoms with Gasteiger partial charge in [0.2, 0.25) is 0 Å². The SMILES string of the molecule is C/C(O)=C(\O)Cc1ccc(C/C(O)=C(/C)O)c2c1CCO2. The molecule has 0 unspecified atom stereocenters. The fourth-order valence-electron chi connectivity index (χ4n) is 2.35. The van der Waals surface area contributed by atoms with Crippen LogP contribution in [0.4, 0.5) is 0 Å². The predicted molar refractivity (Wildman–Crippen MR) is 79.0 cm³/mol. The van der Waals surface area contributed by atoms with Crippen molar-refractivity contribution in [2.24, 2.45) is 0 Å². The molecule has 0 atom stereocenters.